The highest BCUT2D eigenvalue weighted by atomic mass is 19.1. The van der Waals surface area contributed by atoms with Crippen LogP contribution in [0, 0.1) is 34.7 Å². The third-order valence-electron chi connectivity index (χ3n) is 6.31. The molecular weight excluding hydrogens is 383 g/mol. The molecule has 2 aromatic rings. The lowest BCUT2D eigenvalue weighted by molar-refractivity contribution is 0.417. The normalized spacial score (nSPS) is 15.6. The maximum absolute atomic E-state index is 14.6. The standard InChI is InChI=1S/C26H30F3N/c1-2-3-4-5-6-7-19-13-25(28)23(26(29)14-19)11-9-18-8-10-20-15-22(17-30)24(27)16-21(20)12-18/h13-16,18H,2-12H2,1H3. The van der Waals surface area contributed by atoms with E-state index in [1.54, 1.807) is 6.07 Å². The number of halogens is 3. The van der Waals surface area contributed by atoms with Gasteiger partial charge in [-0.1, -0.05) is 32.6 Å². The molecule has 0 fully saturated rings. The molecule has 3 rings (SSSR count). The molecule has 1 nitrogen and oxygen atoms in total. The molecular formula is C26H30F3N. The average molecular weight is 414 g/mol. The summed E-state index contributed by atoms with van der Waals surface area (Å²) in [7, 11) is 0. The van der Waals surface area contributed by atoms with Gasteiger partial charge in [0.25, 0.3) is 0 Å². The van der Waals surface area contributed by atoms with E-state index < -0.39 is 17.5 Å². The molecule has 4 heteroatoms. The second-order valence-electron chi connectivity index (χ2n) is 8.56. The molecule has 0 saturated heterocycles. The minimum Gasteiger partial charge on any atom is -0.207 e. The molecule has 0 aliphatic heterocycles. The van der Waals surface area contributed by atoms with Crippen LogP contribution in [0.5, 0.6) is 0 Å². The number of hydrogen-bond acceptors (Lipinski definition) is 1. The van der Waals surface area contributed by atoms with Gasteiger partial charge in [0.15, 0.2) is 0 Å². The number of benzene rings is 2. The highest BCUT2D eigenvalue weighted by molar-refractivity contribution is 5.41. The van der Waals surface area contributed by atoms with Gasteiger partial charge >= 0.3 is 0 Å². The Hall–Kier alpha value is -2.28. The van der Waals surface area contributed by atoms with Crippen molar-refractivity contribution in [2.45, 2.75) is 77.6 Å². The van der Waals surface area contributed by atoms with Crippen molar-refractivity contribution in [2.24, 2.45) is 5.92 Å². The van der Waals surface area contributed by atoms with Crippen molar-refractivity contribution < 1.29 is 13.2 Å². The van der Waals surface area contributed by atoms with Gasteiger partial charge in [0.05, 0.1) is 5.56 Å². The third kappa shape index (κ3) is 5.65. The van der Waals surface area contributed by atoms with E-state index in [1.807, 2.05) is 6.07 Å². The van der Waals surface area contributed by atoms with Crippen molar-refractivity contribution in [3.8, 4) is 6.07 Å². The summed E-state index contributed by atoms with van der Waals surface area (Å²) < 4.78 is 43.0. The molecule has 0 amide bonds. The number of nitrogens with zero attached hydrogens (tertiary/aromatic N) is 1. The van der Waals surface area contributed by atoms with E-state index >= 15 is 0 Å². The highest BCUT2D eigenvalue weighted by Crippen LogP contribution is 2.31. The van der Waals surface area contributed by atoms with Crippen LogP contribution < -0.4 is 0 Å². The number of aryl methyl sites for hydroxylation is 2. The van der Waals surface area contributed by atoms with E-state index in [4.69, 9.17) is 5.26 Å². The first-order chi connectivity index (χ1) is 14.5. The molecule has 0 bridgehead atoms. The molecule has 0 aromatic heterocycles. The minimum atomic E-state index is -0.487. The fraction of sp³-hybridized carbons (Fsp3) is 0.500. The zero-order valence-electron chi connectivity index (χ0n) is 17.7. The van der Waals surface area contributed by atoms with E-state index in [-0.39, 0.29) is 17.0 Å². The molecule has 0 N–H and O–H groups in total. The SMILES string of the molecule is CCCCCCCc1cc(F)c(CCC2CCc3cc(C#N)c(F)cc3C2)c(F)c1. The van der Waals surface area contributed by atoms with Gasteiger partial charge in [-0.05, 0) is 91.8 Å². The number of rotatable bonds is 9. The van der Waals surface area contributed by atoms with Crippen LogP contribution in [0.1, 0.15) is 79.7 Å². The summed E-state index contributed by atoms with van der Waals surface area (Å²) in [6, 6.07) is 7.96. The Morgan fingerprint density at radius 2 is 1.63 bits per heavy atom. The van der Waals surface area contributed by atoms with Crippen molar-refractivity contribution in [3.05, 3.63) is 69.5 Å². The van der Waals surface area contributed by atoms with Crippen LogP contribution in [-0.2, 0) is 25.7 Å². The van der Waals surface area contributed by atoms with Crippen LogP contribution in [0.15, 0.2) is 24.3 Å². The quantitative estimate of drug-likeness (QED) is 0.398. The van der Waals surface area contributed by atoms with E-state index in [1.165, 1.54) is 37.5 Å². The van der Waals surface area contributed by atoms with Crippen molar-refractivity contribution in [2.75, 3.05) is 0 Å². The Labute approximate surface area is 177 Å². The zero-order valence-corrected chi connectivity index (χ0v) is 17.7. The molecule has 30 heavy (non-hydrogen) atoms. The van der Waals surface area contributed by atoms with Gasteiger partial charge in [-0.25, -0.2) is 13.2 Å². The van der Waals surface area contributed by atoms with E-state index in [9.17, 15) is 13.2 Å². The van der Waals surface area contributed by atoms with E-state index in [0.29, 0.717) is 25.7 Å². The molecule has 0 radical (unpaired) electrons. The van der Waals surface area contributed by atoms with Gasteiger partial charge in [0, 0.05) is 5.56 Å². The predicted octanol–water partition coefficient (Wildman–Crippen LogP) is 7.23. The fourth-order valence-corrected chi connectivity index (χ4v) is 4.51. The Kier molecular flexibility index (Phi) is 7.96. The monoisotopic (exact) mass is 413 g/mol. The zero-order chi connectivity index (χ0) is 21.5. The molecule has 0 spiro atoms. The first-order valence-corrected chi connectivity index (χ1v) is 11.2. The van der Waals surface area contributed by atoms with Gasteiger partial charge in [-0.3, -0.25) is 0 Å². The largest absolute Gasteiger partial charge is 0.207 e. The maximum atomic E-state index is 14.6. The van der Waals surface area contributed by atoms with E-state index in [2.05, 4.69) is 6.92 Å². The number of unbranched alkanes of at least 4 members (excludes halogenated alkanes) is 4. The smallest absolute Gasteiger partial charge is 0.141 e. The lowest BCUT2D eigenvalue weighted by atomic mass is 9.80. The van der Waals surface area contributed by atoms with Crippen LogP contribution in [-0.4, -0.2) is 0 Å². The Morgan fingerprint density at radius 3 is 2.33 bits per heavy atom. The lowest BCUT2D eigenvalue weighted by Crippen LogP contribution is -2.16. The Bertz CT molecular complexity index is 890. The lowest BCUT2D eigenvalue weighted by Gasteiger charge is -2.25. The van der Waals surface area contributed by atoms with Crippen LogP contribution in [0.2, 0.25) is 0 Å². The summed E-state index contributed by atoms with van der Waals surface area (Å²) in [6.07, 6.45) is 9.72. The van der Waals surface area contributed by atoms with Crippen molar-refractivity contribution >= 4 is 0 Å². The van der Waals surface area contributed by atoms with Gasteiger partial charge in [0.1, 0.15) is 23.5 Å². The summed E-state index contributed by atoms with van der Waals surface area (Å²) in [5.41, 5.74) is 2.93. The second-order valence-corrected chi connectivity index (χ2v) is 8.56. The molecule has 1 unspecified atom stereocenters. The topological polar surface area (TPSA) is 23.8 Å². The van der Waals surface area contributed by atoms with Gasteiger partial charge in [0.2, 0.25) is 0 Å². The third-order valence-corrected chi connectivity index (χ3v) is 6.31. The van der Waals surface area contributed by atoms with Crippen molar-refractivity contribution in [1.29, 1.82) is 5.26 Å². The molecule has 1 atom stereocenters. The first-order valence-electron chi connectivity index (χ1n) is 11.2. The molecule has 1 aliphatic carbocycles. The summed E-state index contributed by atoms with van der Waals surface area (Å²) >= 11 is 0. The van der Waals surface area contributed by atoms with Crippen LogP contribution in [0.25, 0.3) is 0 Å². The van der Waals surface area contributed by atoms with Crippen LogP contribution >= 0.6 is 0 Å². The number of hydrogen-bond donors (Lipinski definition) is 0. The second kappa shape index (κ2) is 10.7. The number of fused-ring (bicyclic) bond motifs is 1. The summed E-state index contributed by atoms with van der Waals surface area (Å²) in [4.78, 5) is 0. The van der Waals surface area contributed by atoms with Crippen molar-refractivity contribution in [3.63, 3.8) is 0 Å². The van der Waals surface area contributed by atoms with Crippen LogP contribution in [0.4, 0.5) is 13.2 Å². The van der Waals surface area contributed by atoms with Crippen molar-refractivity contribution in [1.82, 2.24) is 0 Å². The summed E-state index contributed by atoms with van der Waals surface area (Å²) in [5, 5.41) is 8.97. The molecule has 0 saturated carbocycles. The van der Waals surface area contributed by atoms with Gasteiger partial charge in [-0.2, -0.15) is 5.26 Å². The van der Waals surface area contributed by atoms with Gasteiger partial charge in [-0.15, -0.1) is 0 Å². The summed E-state index contributed by atoms with van der Waals surface area (Å²) in [6.45, 7) is 2.17. The Balaban J connectivity index is 1.57. The first kappa shape index (κ1) is 22.4. The molecule has 0 heterocycles. The minimum absolute atomic E-state index is 0.0850. The Morgan fingerprint density at radius 1 is 0.900 bits per heavy atom. The molecule has 1 aliphatic rings. The van der Waals surface area contributed by atoms with E-state index in [0.717, 1.165) is 42.4 Å². The van der Waals surface area contributed by atoms with Crippen LogP contribution in [0.3, 0.4) is 0 Å². The number of nitriles is 1. The predicted molar refractivity (Wildman–Crippen MR) is 114 cm³/mol. The maximum Gasteiger partial charge on any atom is 0.141 e. The molecule has 2 aromatic carbocycles. The molecule has 160 valence electrons. The fourth-order valence-electron chi connectivity index (χ4n) is 4.51. The summed E-state index contributed by atoms with van der Waals surface area (Å²) in [5.74, 6) is -1.11. The average Bonchev–Trinajstić information content (AvgIpc) is 2.72. The van der Waals surface area contributed by atoms with Gasteiger partial charge < -0.3 is 0 Å². The highest BCUT2D eigenvalue weighted by Gasteiger charge is 2.22.